The van der Waals surface area contributed by atoms with Crippen molar-refractivity contribution >= 4 is 17.7 Å². The molecule has 3 rings (SSSR count). The predicted molar refractivity (Wildman–Crippen MR) is 95.8 cm³/mol. The first kappa shape index (κ1) is 17.7. The highest BCUT2D eigenvalue weighted by atomic mass is 16.4. The van der Waals surface area contributed by atoms with Crippen molar-refractivity contribution in [3.05, 3.63) is 24.9 Å². The van der Waals surface area contributed by atoms with Crippen LogP contribution < -0.4 is 9.80 Å². The summed E-state index contributed by atoms with van der Waals surface area (Å²) >= 11 is 0. The molecule has 0 saturated carbocycles. The maximum atomic E-state index is 11.8. The number of piperidine rings is 2. The molecule has 0 aliphatic carbocycles. The summed E-state index contributed by atoms with van der Waals surface area (Å²) in [4.78, 5) is 25.0. The van der Waals surface area contributed by atoms with Gasteiger partial charge in [-0.1, -0.05) is 6.08 Å². The number of aliphatic hydroxyl groups is 1. The largest absolute Gasteiger partial charge is 0.481 e. The highest BCUT2D eigenvalue weighted by molar-refractivity contribution is 5.76. The van der Waals surface area contributed by atoms with E-state index >= 15 is 0 Å². The van der Waals surface area contributed by atoms with Gasteiger partial charge in [0.1, 0.15) is 5.82 Å². The molecule has 0 aromatic carbocycles. The third kappa shape index (κ3) is 3.76. The molecule has 7 nitrogen and oxygen atoms in total. The summed E-state index contributed by atoms with van der Waals surface area (Å²) in [6, 6.07) is 1.87. The lowest BCUT2D eigenvalue weighted by molar-refractivity contribution is -0.149. The number of aromatic nitrogens is 2. The number of anilines is 2. The Morgan fingerprint density at radius 1 is 1.36 bits per heavy atom. The lowest BCUT2D eigenvalue weighted by Gasteiger charge is -2.39. The van der Waals surface area contributed by atoms with Gasteiger partial charge in [0.25, 0.3) is 0 Å². The summed E-state index contributed by atoms with van der Waals surface area (Å²) in [6.45, 7) is 6.42. The average Bonchev–Trinajstić information content (AvgIpc) is 2.63. The first-order valence-electron chi connectivity index (χ1n) is 8.89. The Morgan fingerprint density at radius 3 is 2.80 bits per heavy atom. The van der Waals surface area contributed by atoms with Gasteiger partial charge >= 0.3 is 5.97 Å². The van der Waals surface area contributed by atoms with Crippen LogP contribution in [0, 0.1) is 5.41 Å². The van der Waals surface area contributed by atoms with Crippen molar-refractivity contribution in [3.63, 3.8) is 0 Å². The van der Waals surface area contributed by atoms with Gasteiger partial charge in [-0.25, -0.2) is 4.98 Å². The lowest BCUT2D eigenvalue weighted by atomic mass is 9.77. The number of carboxylic acid groups (broad SMARTS) is 1. The average molecular weight is 346 g/mol. The first-order valence-corrected chi connectivity index (χ1v) is 8.89. The van der Waals surface area contributed by atoms with Gasteiger partial charge in [-0.3, -0.25) is 4.79 Å². The van der Waals surface area contributed by atoms with E-state index in [9.17, 15) is 15.0 Å². The molecule has 2 N–H and O–H groups in total. The highest BCUT2D eigenvalue weighted by Crippen LogP contribution is 2.35. The fraction of sp³-hybridized carbons (Fsp3) is 0.611. The van der Waals surface area contributed by atoms with Crippen LogP contribution in [0.2, 0.25) is 0 Å². The van der Waals surface area contributed by atoms with Gasteiger partial charge in [-0.05, 0) is 38.2 Å². The summed E-state index contributed by atoms with van der Waals surface area (Å²) in [5, 5.41) is 19.4. The third-order valence-corrected chi connectivity index (χ3v) is 5.27. The van der Waals surface area contributed by atoms with E-state index in [0.717, 1.165) is 44.7 Å². The number of carbonyl (C=O) groups is 1. The van der Waals surface area contributed by atoms with Crippen molar-refractivity contribution in [2.24, 2.45) is 5.41 Å². The maximum absolute atomic E-state index is 11.8. The Kier molecular flexibility index (Phi) is 5.22. The second-order valence-electron chi connectivity index (χ2n) is 7.04. The SMILES string of the molecule is C=CC[C@]1(C(=O)O)CCCN(c2nccc(N3CCC(O)CC3)n2)C1. The van der Waals surface area contributed by atoms with Crippen LogP contribution in [0.1, 0.15) is 32.1 Å². The van der Waals surface area contributed by atoms with Crippen LogP contribution in [0.5, 0.6) is 0 Å². The highest BCUT2D eigenvalue weighted by Gasteiger charge is 2.42. The topological polar surface area (TPSA) is 89.8 Å². The number of carboxylic acids is 1. The van der Waals surface area contributed by atoms with Crippen LogP contribution in [0.3, 0.4) is 0 Å². The van der Waals surface area contributed by atoms with E-state index in [2.05, 4.69) is 21.4 Å². The molecule has 2 fully saturated rings. The lowest BCUT2D eigenvalue weighted by Crippen LogP contribution is -2.48. The monoisotopic (exact) mass is 346 g/mol. The maximum Gasteiger partial charge on any atom is 0.311 e. The summed E-state index contributed by atoms with van der Waals surface area (Å²) in [5.74, 6) is 0.642. The molecule has 1 aromatic heterocycles. The molecule has 1 aromatic rings. The zero-order valence-corrected chi connectivity index (χ0v) is 14.5. The Balaban J connectivity index is 1.78. The number of allylic oxidation sites excluding steroid dienone is 1. The first-order chi connectivity index (χ1) is 12.0. The van der Waals surface area contributed by atoms with Crippen LogP contribution in [0.4, 0.5) is 11.8 Å². The summed E-state index contributed by atoms with van der Waals surface area (Å²) in [6.07, 6.45) is 6.56. The minimum atomic E-state index is -0.811. The molecule has 0 unspecified atom stereocenters. The van der Waals surface area contributed by atoms with Crippen molar-refractivity contribution in [3.8, 4) is 0 Å². The molecule has 25 heavy (non-hydrogen) atoms. The van der Waals surface area contributed by atoms with Gasteiger partial charge in [0, 0.05) is 32.4 Å². The second kappa shape index (κ2) is 7.39. The van der Waals surface area contributed by atoms with Crippen LogP contribution in [-0.4, -0.2) is 58.4 Å². The molecule has 136 valence electrons. The van der Waals surface area contributed by atoms with Crippen molar-refractivity contribution in [1.82, 2.24) is 9.97 Å². The van der Waals surface area contributed by atoms with E-state index < -0.39 is 11.4 Å². The van der Waals surface area contributed by atoms with E-state index in [-0.39, 0.29) is 6.10 Å². The molecule has 0 radical (unpaired) electrons. The molecule has 0 bridgehead atoms. The van der Waals surface area contributed by atoms with E-state index in [1.54, 1.807) is 12.3 Å². The zero-order valence-electron chi connectivity index (χ0n) is 14.5. The minimum absolute atomic E-state index is 0.227. The normalized spacial score (nSPS) is 25.0. The fourth-order valence-electron chi connectivity index (χ4n) is 3.77. The van der Waals surface area contributed by atoms with Crippen LogP contribution in [0.15, 0.2) is 24.9 Å². The van der Waals surface area contributed by atoms with Gasteiger partial charge in [0.15, 0.2) is 0 Å². The predicted octanol–water partition coefficient (Wildman–Crippen LogP) is 1.68. The van der Waals surface area contributed by atoms with Gasteiger partial charge in [-0.2, -0.15) is 4.98 Å². The standard InChI is InChI=1S/C18H26N4O3/c1-2-7-18(16(24)25)8-3-10-22(13-18)17-19-9-4-15(20-17)21-11-5-14(23)6-12-21/h2,4,9,14,23H,1,3,5-8,10-13H2,(H,24,25)/t18-/m0/s1. The van der Waals surface area contributed by atoms with Gasteiger partial charge in [0.05, 0.1) is 11.5 Å². The van der Waals surface area contributed by atoms with Crippen LogP contribution in [-0.2, 0) is 4.79 Å². The fourth-order valence-corrected chi connectivity index (χ4v) is 3.77. The van der Waals surface area contributed by atoms with Crippen molar-refractivity contribution in [2.75, 3.05) is 36.0 Å². The Hall–Kier alpha value is -2.15. The van der Waals surface area contributed by atoms with Crippen LogP contribution >= 0.6 is 0 Å². The number of aliphatic carboxylic acids is 1. The molecule has 2 aliphatic rings. The number of hydrogen-bond donors (Lipinski definition) is 2. The smallest absolute Gasteiger partial charge is 0.311 e. The molecule has 1 atom stereocenters. The van der Waals surface area contributed by atoms with Crippen molar-refractivity contribution < 1.29 is 15.0 Å². The molecule has 0 spiro atoms. The zero-order chi connectivity index (χ0) is 17.9. The Labute approximate surface area is 148 Å². The molecular weight excluding hydrogens is 320 g/mol. The Bertz CT molecular complexity index is 631. The van der Waals surface area contributed by atoms with E-state index in [4.69, 9.17) is 0 Å². The summed E-state index contributed by atoms with van der Waals surface area (Å²) in [5.41, 5.74) is -0.811. The Morgan fingerprint density at radius 2 is 2.12 bits per heavy atom. The number of aliphatic hydroxyl groups excluding tert-OH is 1. The minimum Gasteiger partial charge on any atom is -0.481 e. The molecular formula is C18H26N4O3. The van der Waals surface area contributed by atoms with E-state index in [1.807, 2.05) is 11.0 Å². The number of nitrogens with zero attached hydrogens (tertiary/aromatic N) is 4. The molecule has 7 heteroatoms. The number of rotatable bonds is 5. The van der Waals surface area contributed by atoms with Gasteiger partial charge in [-0.15, -0.1) is 6.58 Å². The van der Waals surface area contributed by atoms with Gasteiger partial charge in [0.2, 0.25) is 5.95 Å². The second-order valence-corrected chi connectivity index (χ2v) is 7.04. The van der Waals surface area contributed by atoms with Crippen molar-refractivity contribution in [1.29, 1.82) is 0 Å². The van der Waals surface area contributed by atoms with Gasteiger partial charge < -0.3 is 20.0 Å². The third-order valence-electron chi connectivity index (χ3n) is 5.27. The van der Waals surface area contributed by atoms with E-state index in [1.165, 1.54) is 0 Å². The number of hydrogen-bond acceptors (Lipinski definition) is 6. The molecule has 2 saturated heterocycles. The quantitative estimate of drug-likeness (QED) is 0.784. The molecule has 3 heterocycles. The molecule has 0 amide bonds. The summed E-state index contributed by atoms with van der Waals surface area (Å²) in [7, 11) is 0. The van der Waals surface area contributed by atoms with Crippen LogP contribution in [0.25, 0.3) is 0 Å². The van der Waals surface area contributed by atoms with E-state index in [0.29, 0.717) is 25.3 Å². The molecule has 2 aliphatic heterocycles. The summed E-state index contributed by atoms with van der Waals surface area (Å²) < 4.78 is 0. The van der Waals surface area contributed by atoms with Crippen molar-refractivity contribution in [2.45, 2.75) is 38.2 Å².